The monoisotopic (exact) mass is 492 g/mol. The lowest BCUT2D eigenvalue weighted by molar-refractivity contribution is -0.384. The molecule has 4 rings (SSSR count). The lowest BCUT2D eigenvalue weighted by Gasteiger charge is -2.34. The third-order valence-electron chi connectivity index (χ3n) is 6.53. The van der Waals surface area contributed by atoms with E-state index in [0.717, 1.165) is 37.6 Å². The normalized spacial score (nSPS) is 21.2. The van der Waals surface area contributed by atoms with E-state index in [0.29, 0.717) is 39.1 Å². The van der Waals surface area contributed by atoms with Gasteiger partial charge in [0.1, 0.15) is 11.5 Å². The van der Waals surface area contributed by atoms with Crippen molar-refractivity contribution in [1.82, 2.24) is 18.7 Å². The summed E-state index contributed by atoms with van der Waals surface area (Å²) < 4.78 is 30.9. The van der Waals surface area contributed by atoms with Crippen molar-refractivity contribution in [3.8, 4) is 0 Å². The van der Waals surface area contributed by atoms with E-state index in [2.05, 4.69) is 10.4 Å². The van der Waals surface area contributed by atoms with Crippen LogP contribution in [0.15, 0.2) is 27.9 Å². The number of hydrogen-bond acceptors (Lipinski definition) is 7. The summed E-state index contributed by atoms with van der Waals surface area (Å²) in [5.74, 6) is 1.29. The van der Waals surface area contributed by atoms with Crippen LogP contribution in [-0.2, 0) is 29.5 Å². The highest BCUT2D eigenvalue weighted by atomic mass is 32.2. The van der Waals surface area contributed by atoms with E-state index < -0.39 is 14.9 Å². The maximum atomic E-state index is 13.1. The van der Waals surface area contributed by atoms with E-state index in [1.165, 1.54) is 21.1 Å². The molecule has 12 heteroatoms. The first-order valence-electron chi connectivity index (χ1n) is 11.9. The zero-order valence-electron chi connectivity index (χ0n) is 19.6. The number of piperidine rings is 1. The number of rotatable bonds is 8. The Hall–Kier alpha value is -2.73. The van der Waals surface area contributed by atoms with Gasteiger partial charge in [0, 0.05) is 45.2 Å². The topological polar surface area (TPSA) is 132 Å². The van der Waals surface area contributed by atoms with Crippen LogP contribution in [0.1, 0.15) is 45.4 Å². The number of nitro benzene ring substituents is 1. The minimum absolute atomic E-state index is 0.0683. The van der Waals surface area contributed by atoms with Crippen LogP contribution in [0.3, 0.4) is 0 Å². The van der Waals surface area contributed by atoms with Crippen molar-refractivity contribution in [3.05, 3.63) is 44.6 Å². The molecule has 34 heavy (non-hydrogen) atoms. The van der Waals surface area contributed by atoms with Gasteiger partial charge in [0.2, 0.25) is 10.0 Å². The van der Waals surface area contributed by atoms with Crippen LogP contribution in [0.2, 0.25) is 0 Å². The maximum absolute atomic E-state index is 13.1. The minimum atomic E-state index is -3.82. The van der Waals surface area contributed by atoms with Crippen LogP contribution < -0.4 is 11.0 Å². The van der Waals surface area contributed by atoms with E-state index in [4.69, 9.17) is 0 Å². The molecule has 186 valence electrons. The molecule has 1 N–H and O–H groups in total. The standard InChI is InChI=1S/C22H32N6O5S/c1-16-12-17(2)15-25(14-16)34(32,33)18-7-8-19(20(13-18)28(30)31)23-9-5-11-27-22(29)26-10-4-3-6-21(26)24-27/h7-8,13,16-17,23H,3-6,9-12,14-15H2,1-2H3/t16-,17-/m0/s1. The molecule has 0 amide bonds. The van der Waals surface area contributed by atoms with Gasteiger partial charge in [0.05, 0.1) is 9.82 Å². The summed E-state index contributed by atoms with van der Waals surface area (Å²) in [6.07, 6.45) is 4.31. The van der Waals surface area contributed by atoms with E-state index >= 15 is 0 Å². The first-order valence-corrected chi connectivity index (χ1v) is 13.3. The molecule has 0 spiro atoms. The molecule has 3 heterocycles. The molecular weight excluding hydrogens is 460 g/mol. The molecule has 11 nitrogen and oxygen atoms in total. The molecule has 1 fully saturated rings. The highest BCUT2D eigenvalue weighted by molar-refractivity contribution is 7.89. The Morgan fingerprint density at radius 1 is 1.21 bits per heavy atom. The van der Waals surface area contributed by atoms with E-state index in [1.807, 2.05) is 13.8 Å². The number of nitrogens with one attached hydrogen (secondary N) is 1. The van der Waals surface area contributed by atoms with Gasteiger partial charge < -0.3 is 5.32 Å². The summed E-state index contributed by atoms with van der Waals surface area (Å²) in [5, 5.41) is 19.1. The fourth-order valence-electron chi connectivity index (χ4n) is 4.97. The Kier molecular flexibility index (Phi) is 7.08. The summed E-state index contributed by atoms with van der Waals surface area (Å²) in [7, 11) is -3.82. The predicted molar refractivity (Wildman–Crippen MR) is 127 cm³/mol. The molecule has 1 saturated heterocycles. The smallest absolute Gasteiger partial charge is 0.345 e. The molecule has 1 aromatic heterocycles. The average molecular weight is 493 g/mol. The van der Waals surface area contributed by atoms with Gasteiger partial charge in [-0.1, -0.05) is 13.8 Å². The molecule has 2 aromatic rings. The van der Waals surface area contributed by atoms with Crippen molar-refractivity contribution in [2.24, 2.45) is 11.8 Å². The number of benzene rings is 1. The third-order valence-corrected chi connectivity index (χ3v) is 8.36. The number of hydrogen-bond donors (Lipinski definition) is 1. The van der Waals surface area contributed by atoms with Crippen molar-refractivity contribution < 1.29 is 13.3 Å². The van der Waals surface area contributed by atoms with E-state index in [9.17, 15) is 23.3 Å². The van der Waals surface area contributed by atoms with Crippen molar-refractivity contribution in [1.29, 1.82) is 0 Å². The molecule has 0 unspecified atom stereocenters. The van der Waals surface area contributed by atoms with Crippen LogP contribution in [0, 0.1) is 22.0 Å². The molecule has 2 atom stereocenters. The number of anilines is 1. The highest BCUT2D eigenvalue weighted by Gasteiger charge is 2.33. The van der Waals surface area contributed by atoms with Crippen molar-refractivity contribution in [2.75, 3.05) is 25.0 Å². The minimum Gasteiger partial charge on any atom is -0.379 e. The second-order valence-electron chi connectivity index (χ2n) is 9.52. The summed E-state index contributed by atoms with van der Waals surface area (Å²) in [5.41, 5.74) is -0.147. The first kappa shape index (κ1) is 24.4. The molecule has 0 aliphatic carbocycles. The number of aromatic nitrogens is 3. The van der Waals surface area contributed by atoms with Crippen LogP contribution in [0.4, 0.5) is 11.4 Å². The fraction of sp³-hybridized carbons (Fsp3) is 0.636. The summed E-state index contributed by atoms with van der Waals surface area (Å²) >= 11 is 0. The van der Waals surface area contributed by atoms with Gasteiger partial charge in [0.15, 0.2) is 0 Å². The predicted octanol–water partition coefficient (Wildman–Crippen LogP) is 2.46. The van der Waals surface area contributed by atoms with Gasteiger partial charge in [-0.25, -0.2) is 17.9 Å². The second-order valence-corrected chi connectivity index (χ2v) is 11.5. The SMILES string of the molecule is C[C@H]1C[C@H](C)CN(S(=O)(=O)c2ccc(NCCCn3nc4n(c3=O)CCCC4)c([N+](=O)[O-])c2)C1. The molecule has 0 radical (unpaired) electrons. The molecule has 0 bridgehead atoms. The van der Waals surface area contributed by atoms with Crippen LogP contribution in [-0.4, -0.2) is 51.6 Å². The largest absolute Gasteiger partial charge is 0.379 e. The number of fused-ring (bicyclic) bond motifs is 1. The van der Waals surface area contributed by atoms with Gasteiger partial charge in [-0.05, 0) is 49.7 Å². The lowest BCUT2D eigenvalue weighted by atomic mass is 9.94. The lowest BCUT2D eigenvalue weighted by Crippen LogP contribution is -2.42. The number of aryl methyl sites for hydroxylation is 2. The number of nitro groups is 1. The maximum Gasteiger partial charge on any atom is 0.345 e. The van der Waals surface area contributed by atoms with Crippen molar-refractivity contribution >= 4 is 21.4 Å². The fourth-order valence-corrected chi connectivity index (χ4v) is 6.67. The zero-order chi connectivity index (χ0) is 24.5. The molecule has 2 aliphatic heterocycles. The summed E-state index contributed by atoms with van der Waals surface area (Å²) in [6, 6.07) is 4.00. The first-order chi connectivity index (χ1) is 16.2. The Morgan fingerprint density at radius 3 is 2.62 bits per heavy atom. The quantitative estimate of drug-likeness (QED) is 0.340. The number of sulfonamides is 1. The van der Waals surface area contributed by atoms with Crippen LogP contribution >= 0.6 is 0 Å². The number of nitrogens with zero attached hydrogens (tertiary/aromatic N) is 5. The summed E-state index contributed by atoms with van der Waals surface area (Å²) in [6.45, 7) is 6.33. The molecule has 2 aliphatic rings. The van der Waals surface area contributed by atoms with Gasteiger partial charge in [0.25, 0.3) is 5.69 Å². The Morgan fingerprint density at radius 2 is 1.94 bits per heavy atom. The second kappa shape index (κ2) is 9.87. The Labute approximate surface area is 199 Å². The Bertz CT molecular complexity index is 1210. The molecular formula is C22H32N6O5S. The van der Waals surface area contributed by atoms with Gasteiger partial charge in [-0.2, -0.15) is 9.40 Å². The third kappa shape index (κ3) is 5.02. The van der Waals surface area contributed by atoms with Gasteiger partial charge in [-0.15, -0.1) is 0 Å². The molecule has 1 aromatic carbocycles. The Balaban J connectivity index is 1.43. The van der Waals surface area contributed by atoms with Crippen molar-refractivity contribution in [3.63, 3.8) is 0 Å². The summed E-state index contributed by atoms with van der Waals surface area (Å²) in [4.78, 5) is 23.5. The highest BCUT2D eigenvalue weighted by Crippen LogP contribution is 2.31. The van der Waals surface area contributed by atoms with Crippen LogP contribution in [0.25, 0.3) is 0 Å². The van der Waals surface area contributed by atoms with E-state index in [1.54, 1.807) is 4.57 Å². The average Bonchev–Trinajstić information content (AvgIpc) is 3.11. The van der Waals surface area contributed by atoms with E-state index in [-0.39, 0.29) is 33.8 Å². The zero-order valence-corrected chi connectivity index (χ0v) is 20.5. The molecule has 0 saturated carbocycles. The van der Waals surface area contributed by atoms with Gasteiger partial charge in [-0.3, -0.25) is 14.7 Å². The van der Waals surface area contributed by atoms with Gasteiger partial charge >= 0.3 is 5.69 Å². The van der Waals surface area contributed by atoms with Crippen LogP contribution in [0.5, 0.6) is 0 Å². The van der Waals surface area contributed by atoms with Crippen molar-refractivity contribution in [2.45, 2.75) is 63.9 Å².